The van der Waals surface area contributed by atoms with Crippen LogP contribution in [0.15, 0.2) is 34.2 Å². The number of amides is 1. The standard InChI is InChI=1S/C13H15IN4O2S/c1-2-6-18-12(20)16-17-13(18)21-8-11(19)15-10-5-3-4-9(14)7-10/h3-5,7H,2,6,8H2,1H3,(H,15,19)(H,16,20). The van der Waals surface area contributed by atoms with E-state index in [0.717, 1.165) is 15.7 Å². The molecular weight excluding hydrogens is 403 g/mol. The molecule has 0 aliphatic rings. The van der Waals surface area contributed by atoms with Crippen molar-refractivity contribution in [1.82, 2.24) is 14.8 Å². The molecule has 0 aliphatic heterocycles. The van der Waals surface area contributed by atoms with Crippen LogP contribution in [0, 0.1) is 3.57 Å². The first-order valence-corrected chi connectivity index (χ1v) is 8.50. The predicted molar refractivity (Wildman–Crippen MR) is 91.7 cm³/mol. The molecule has 1 amide bonds. The van der Waals surface area contributed by atoms with Crippen molar-refractivity contribution in [3.63, 3.8) is 0 Å². The highest BCUT2D eigenvalue weighted by atomic mass is 127. The van der Waals surface area contributed by atoms with Gasteiger partial charge in [0, 0.05) is 15.8 Å². The molecule has 6 nitrogen and oxygen atoms in total. The first-order valence-electron chi connectivity index (χ1n) is 6.43. The zero-order valence-corrected chi connectivity index (χ0v) is 14.4. The van der Waals surface area contributed by atoms with Crippen LogP contribution in [-0.4, -0.2) is 26.4 Å². The number of nitrogens with zero attached hydrogens (tertiary/aromatic N) is 2. The van der Waals surface area contributed by atoms with Crippen LogP contribution in [0.3, 0.4) is 0 Å². The average Bonchev–Trinajstić information content (AvgIpc) is 2.78. The van der Waals surface area contributed by atoms with Crippen molar-refractivity contribution in [3.05, 3.63) is 38.3 Å². The Bertz CT molecular complexity index is 683. The number of thioether (sulfide) groups is 1. The number of rotatable bonds is 6. The Balaban J connectivity index is 1.94. The highest BCUT2D eigenvalue weighted by molar-refractivity contribution is 14.1. The Morgan fingerprint density at radius 3 is 3.05 bits per heavy atom. The molecule has 21 heavy (non-hydrogen) atoms. The fraction of sp³-hybridized carbons (Fsp3) is 0.308. The van der Waals surface area contributed by atoms with E-state index in [1.165, 1.54) is 11.8 Å². The highest BCUT2D eigenvalue weighted by Gasteiger charge is 2.11. The van der Waals surface area contributed by atoms with Crippen molar-refractivity contribution in [3.8, 4) is 0 Å². The highest BCUT2D eigenvalue weighted by Crippen LogP contribution is 2.16. The van der Waals surface area contributed by atoms with Crippen LogP contribution in [0.4, 0.5) is 5.69 Å². The van der Waals surface area contributed by atoms with Crippen LogP contribution >= 0.6 is 34.4 Å². The maximum absolute atomic E-state index is 11.9. The normalized spacial score (nSPS) is 10.6. The smallest absolute Gasteiger partial charge is 0.325 e. The van der Waals surface area contributed by atoms with Gasteiger partial charge in [0.1, 0.15) is 0 Å². The van der Waals surface area contributed by atoms with Gasteiger partial charge in [0.25, 0.3) is 0 Å². The number of aromatic nitrogens is 3. The lowest BCUT2D eigenvalue weighted by molar-refractivity contribution is -0.113. The minimum absolute atomic E-state index is 0.125. The molecule has 0 aliphatic carbocycles. The third-order valence-electron chi connectivity index (χ3n) is 2.61. The lowest BCUT2D eigenvalue weighted by Gasteiger charge is -2.06. The quantitative estimate of drug-likeness (QED) is 0.558. The Morgan fingerprint density at radius 1 is 1.52 bits per heavy atom. The summed E-state index contributed by atoms with van der Waals surface area (Å²) in [7, 11) is 0. The zero-order chi connectivity index (χ0) is 15.2. The van der Waals surface area contributed by atoms with Crippen molar-refractivity contribution < 1.29 is 4.79 Å². The summed E-state index contributed by atoms with van der Waals surface area (Å²) in [4.78, 5) is 23.4. The number of benzene rings is 1. The summed E-state index contributed by atoms with van der Waals surface area (Å²) >= 11 is 3.44. The molecule has 0 spiro atoms. The number of halogens is 1. The van der Waals surface area contributed by atoms with Crippen molar-refractivity contribution in [2.45, 2.75) is 25.0 Å². The van der Waals surface area contributed by atoms with E-state index in [0.29, 0.717) is 11.7 Å². The van der Waals surface area contributed by atoms with Gasteiger partial charge in [-0.05, 0) is 47.2 Å². The topological polar surface area (TPSA) is 79.8 Å². The van der Waals surface area contributed by atoms with E-state index in [9.17, 15) is 9.59 Å². The second-order valence-electron chi connectivity index (χ2n) is 4.31. The van der Waals surface area contributed by atoms with E-state index in [1.807, 2.05) is 31.2 Å². The molecule has 0 saturated heterocycles. The molecule has 2 N–H and O–H groups in total. The fourth-order valence-corrected chi connectivity index (χ4v) is 3.04. The Hall–Kier alpha value is -1.29. The van der Waals surface area contributed by atoms with E-state index < -0.39 is 0 Å². The van der Waals surface area contributed by atoms with Crippen molar-refractivity contribution in [2.75, 3.05) is 11.1 Å². The van der Waals surface area contributed by atoms with Crippen LogP contribution < -0.4 is 11.0 Å². The van der Waals surface area contributed by atoms with Crippen molar-refractivity contribution >= 4 is 45.9 Å². The van der Waals surface area contributed by atoms with Crippen LogP contribution in [0.1, 0.15) is 13.3 Å². The van der Waals surface area contributed by atoms with E-state index in [2.05, 4.69) is 38.1 Å². The van der Waals surface area contributed by atoms with Gasteiger partial charge in [0.15, 0.2) is 5.16 Å². The Kier molecular flexibility index (Phi) is 5.85. The van der Waals surface area contributed by atoms with Gasteiger partial charge in [-0.15, -0.1) is 5.10 Å². The number of H-pyrrole nitrogens is 1. The maximum Gasteiger partial charge on any atom is 0.343 e. The Morgan fingerprint density at radius 2 is 2.33 bits per heavy atom. The van der Waals surface area contributed by atoms with Gasteiger partial charge < -0.3 is 5.32 Å². The van der Waals surface area contributed by atoms with Gasteiger partial charge >= 0.3 is 5.69 Å². The van der Waals surface area contributed by atoms with E-state index in [-0.39, 0.29) is 17.3 Å². The third-order valence-corrected chi connectivity index (χ3v) is 4.26. The molecule has 1 aromatic carbocycles. The summed E-state index contributed by atoms with van der Waals surface area (Å²) in [5.41, 5.74) is 0.526. The number of hydrogen-bond acceptors (Lipinski definition) is 4. The number of aromatic amines is 1. The lowest BCUT2D eigenvalue weighted by Crippen LogP contribution is -2.18. The minimum atomic E-state index is -0.239. The molecule has 0 radical (unpaired) electrons. The molecule has 8 heteroatoms. The number of hydrogen-bond donors (Lipinski definition) is 2. The molecule has 0 bridgehead atoms. The van der Waals surface area contributed by atoms with Gasteiger partial charge in [-0.25, -0.2) is 9.89 Å². The first kappa shape index (κ1) is 16.1. The largest absolute Gasteiger partial charge is 0.343 e. The van der Waals surface area contributed by atoms with Crippen LogP contribution in [0.5, 0.6) is 0 Å². The second kappa shape index (κ2) is 7.64. The van der Waals surface area contributed by atoms with Crippen molar-refractivity contribution in [1.29, 1.82) is 0 Å². The van der Waals surface area contributed by atoms with E-state index in [4.69, 9.17) is 0 Å². The molecule has 0 unspecified atom stereocenters. The summed E-state index contributed by atoms with van der Waals surface area (Å²) in [5.74, 6) is 0.0833. The summed E-state index contributed by atoms with van der Waals surface area (Å²) in [6.45, 7) is 2.58. The molecule has 0 saturated carbocycles. The van der Waals surface area contributed by atoms with Gasteiger partial charge in [0.05, 0.1) is 5.75 Å². The summed E-state index contributed by atoms with van der Waals surface area (Å²) in [5, 5.41) is 9.70. The van der Waals surface area contributed by atoms with Crippen molar-refractivity contribution in [2.24, 2.45) is 0 Å². The fourth-order valence-electron chi connectivity index (χ4n) is 1.73. The van der Waals surface area contributed by atoms with E-state index in [1.54, 1.807) is 4.57 Å². The van der Waals surface area contributed by atoms with Crippen LogP contribution in [0.25, 0.3) is 0 Å². The number of nitrogens with one attached hydrogen (secondary N) is 2. The average molecular weight is 418 g/mol. The molecule has 0 atom stereocenters. The van der Waals surface area contributed by atoms with Crippen LogP contribution in [0.2, 0.25) is 0 Å². The van der Waals surface area contributed by atoms with Gasteiger partial charge in [-0.1, -0.05) is 24.8 Å². The van der Waals surface area contributed by atoms with Gasteiger partial charge in [0.2, 0.25) is 5.91 Å². The zero-order valence-electron chi connectivity index (χ0n) is 11.4. The molecule has 1 aromatic heterocycles. The van der Waals surface area contributed by atoms with Gasteiger partial charge in [-0.2, -0.15) is 0 Å². The summed E-state index contributed by atoms with van der Waals surface area (Å²) < 4.78 is 2.60. The summed E-state index contributed by atoms with van der Waals surface area (Å²) in [6.07, 6.45) is 0.835. The Labute approximate surface area is 139 Å². The SMILES string of the molecule is CCCn1c(SCC(=O)Nc2cccc(I)c2)n[nH]c1=O. The number of anilines is 1. The predicted octanol–water partition coefficient (Wildman–Crippen LogP) is 2.32. The molecule has 1 heterocycles. The monoisotopic (exact) mass is 418 g/mol. The minimum Gasteiger partial charge on any atom is -0.325 e. The summed E-state index contributed by atoms with van der Waals surface area (Å²) in [6, 6.07) is 7.58. The molecule has 0 fully saturated rings. The number of carbonyl (C=O) groups excluding carboxylic acids is 1. The number of carbonyl (C=O) groups is 1. The van der Waals surface area contributed by atoms with Crippen LogP contribution in [-0.2, 0) is 11.3 Å². The molecule has 2 aromatic rings. The second-order valence-corrected chi connectivity index (χ2v) is 6.50. The molecular formula is C13H15IN4O2S. The lowest BCUT2D eigenvalue weighted by atomic mass is 10.3. The molecule has 112 valence electrons. The maximum atomic E-state index is 11.9. The first-order chi connectivity index (χ1) is 10.1. The molecule has 2 rings (SSSR count). The van der Waals surface area contributed by atoms with Gasteiger partial charge in [-0.3, -0.25) is 9.36 Å². The van der Waals surface area contributed by atoms with E-state index >= 15 is 0 Å². The third kappa shape index (κ3) is 4.60.